The first-order valence-corrected chi connectivity index (χ1v) is 6.70. The molecule has 1 N–H and O–H groups in total. The molecule has 1 saturated carbocycles. The van der Waals surface area contributed by atoms with Crippen molar-refractivity contribution in [2.75, 3.05) is 27.2 Å². The van der Waals surface area contributed by atoms with Crippen LogP contribution in [0.3, 0.4) is 0 Å². The van der Waals surface area contributed by atoms with Crippen LogP contribution in [-0.4, -0.2) is 38.2 Å². The van der Waals surface area contributed by atoms with E-state index in [2.05, 4.69) is 22.6 Å². The normalized spacial score (nSPS) is 15.7. The third kappa shape index (κ3) is 3.47. The van der Waals surface area contributed by atoms with Gasteiger partial charge in [0, 0.05) is 25.7 Å². The predicted molar refractivity (Wildman–Crippen MR) is 68.2 cm³/mol. The summed E-state index contributed by atoms with van der Waals surface area (Å²) in [5, 5.41) is 5.61. The average Bonchev–Trinajstić information content (AvgIpc) is 2.98. The van der Waals surface area contributed by atoms with Crippen molar-refractivity contribution in [1.82, 2.24) is 10.2 Å². The van der Waals surface area contributed by atoms with Gasteiger partial charge in [-0.3, -0.25) is 4.90 Å². The van der Waals surface area contributed by atoms with E-state index in [4.69, 9.17) is 4.74 Å². The Balaban J connectivity index is 1.70. The van der Waals surface area contributed by atoms with Crippen molar-refractivity contribution in [2.24, 2.45) is 0 Å². The first-order valence-electron chi connectivity index (χ1n) is 5.82. The van der Waals surface area contributed by atoms with Gasteiger partial charge in [-0.1, -0.05) is 0 Å². The van der Waals surface area contributed by atoms with Crippen LogP contribution in [0.1, 0.15) is 17.7 Å². The number of methoxy groups -OCH3 is 1. The lowest BCUT2D eigenvalue weighted by atomic mass is 10.4. The minimum atomic E-state index is 0.810. The van der Waals surface area contributed by atoms with Crippen LogP contribution < -0.4 is 10.1 Å². The summed E-state index contributed by atoms with van der Waals surface area (Å²) in [4.78, 5) is 3.65. The Morgan fingerprint density at radius 3 is 3.06 bits per heavy atom. The largest absolute Gasteiger partial charge is 0.496 e. The maximum absolute atomic E-state index is 5.31. The second kappa shape index (κ2) is 5.66. The highest BCUT2D eigenvalue weighted by atomic mass is 32.1. The molecule has 0 spiro atoms. The number of hydrogen-bond acceptors (Lipinski definition) is 4. The smallest absolute Gasteiger partial charge is 0.134 e. The van der Waals surface area contributed by atoms with Gasteiger partial charge in [-0.25, -0.2) is 0 Å². The Kier molecular flexibility index (Phi) is 4.21. The molecule has 1 heterocycles. The molecule has 0 aromatic carbocycles. The number of ether oxygens (including phenoxy) is 1. The standard InChI is InChI=1S/C12H20N2OS/c1-14(7-6-13-10-3-4-10)9-12-11(15-2)5-8-16-12/h5,8,10,13H,3-4,6-7,9H2,1-2H3. The molecule has 1 fully saturated rings. The average molecular weight is 240 g/mol. The molecule has 0 radical (unpaired) electrons. The third-order valence-electron chi connectivity index (χ3n) is 2.84. The molecule has 4 heteroatoms. The first-order chi connectivity index (χ1) is 7.79. The van der Waals surface area contributed by atoms with Gasteiger partial charge < -0.3 is 10.1 Å². The van der Waals surface area contributed by atoms with E-state index in [0.29, 0.717) is 0 Å². The number of thiophene rings is 1. The molecule has 0 unspecified atom stereocenters. The molecule has 2 rings (SSSR count). The topological polar surface area (TPSA) is 24.5 Å². The van der Waals surface area contributed by atoms with Gasteiger partial charge in [0.2, 0.25) is 0 Å². The Bertz CT molecular complexity index is 323. The van der Waals surface area contributed by atoms with Crippen LogP contribution in [0.25, 0.3) is 0 Å². The molecule has 16 heavy (non-hydrogen) atoms. The van der Waals surface area contributed by atoms with Gasteiger partial charge in [-0.05, 0) is 31.3 Å². The zero-order valence-electron chi connectivity index (χ0n) is 10.0. The van der Waals surface area contributed by atoms with Crippen LogP contribution in [0.15, 0.2) is 11.4 Å². The Morgan fingerprint density at radius 1 is 1.56 bits per heavy atom. The molecule has 1 aromatic rings. The Morgan fingerprint density at radius 2 is 2.38 bits per heavy atom. The van der Waals surface area contributed by atoms with Gasteiger partial charge in [0.15, 0.2) is 0 Å². The second-order valence-electron chi connectivity index (χ2n) is 4.38. The number of likely N-dealkylation sites (N-methyl/N-ethyl adjacent to an activating group) is 1. The van der Waals surface area contributed by atoms with Gasteiger partial charge in [-0.2, -0.15) is 0 Å². The number of hydrogen-bond donors (Lipinski definition) is 1. The SMILES string of the molecule is COc1ccsc1CN(C)CCNC1CC1. The number of rotatable bonds is 7. The van der Waals surface area contributed by atoms with Crippen molar-refractivity contribution in [3.63, 3.8) is 0 Å². The van der Waals surface area contributed by atoms with E-state index < -0.39 is 0 Å². The van der Waals surface area contributed by atoms with E-state index in [0.717, 1.165) is 31.4 Å². The van der Waals surface area contributed by atoms with Crippen LogP contribution in [0.5, 0.6) is 5.75 Å². The molecular weight excluding hydrogens is 220 g/mol. The fourth-order valence-electron chi connectivity index (χ4n) is 1.70. The minimum Gasteiger partial charge on any atom is -0.496 e. The van der Waals surface area contributed by atoms with Crippen molar-refractivity contribution in [2.45, 2.75) is 25.4 Å². The summed E-state index contributed by atoms with van der Waals surface area (Å²) in [7, 11) is 3.90. The molecule has 1 aliphatic rings. The van der Waals surface area contributed by atoms with Crippen molar-refractivity contribution in [3.05, 3.63) is 16.3 Å². The molecule has 0 aliphatic heterocycles. The maximum Gasteiger partial charge on any atom is 0.134 e. The molecule has 3 nitrogen and oxygen atoms in total. The summed E-state index contributed by atoms with van der Waals surface area (Å²) < 4.78 is 5.31. The quantitative estimate of drug-likeness (QED) is 0.788. The van der Waals surface area contributed by atoms with Crippen LogP contribution in [0, 0.1) is 0 Å². The molecule has 1 aromatic heterocycles. The lowest BCUT2D eigenvalue weighted by Crippen LogP contribution is -2.29. The van der Waals surface area contributed by atoms with E-state index in [1.165, 1.54) is 17.7 Å². The first kappa shape index (κ1) is 11.9. The van der Waals surface area contributed by atoms with E-state index in [1.54, 1.807) is 18.4 Å². The van der Waals surface area contributed by atoms with Crippen LogP contribution in [-0.2, 0) is 6.54 Å². The van der Waals surface area contributed by atoms with Crippen LogP contribution >= 0.6 is 11.3 Å². The molecule has 1 aliphatic carbocycles. The van der Waals surface area contributed by atoms with Crippen molar-refractivity contribution >= 4 is 11.3 Å². The molecule has 90 valence electrons. The zero-order valence-corrected chi connectivity index (χ0v) is 10.8. The van der Waals surface area contributed by atoms with Gasteiger partial charge in [0.05, 0.1) is 12.0 Å². The summed E-state index contributed by atoms with van der Waals surface area (Å²) in [6.07, 6.45) is 2.73. The lowest BCUT2D eigenvalue weighted by Gasteiger charge is -2.16. The summed E-state index contributed by atoms with van der Waals surface area (Å²) in [6, 6.07) is 2.85. The third-order valence-corrected chi connectivity index (χ3v) is 3.73. The number of nitrogens with zero attached hydrogens (tertiary/aromatic N) is 1. The van der Waals surface area contributed by atoms with E-state index in [1.807, 2.05) is 6.07 Å². The zero-order chi connectivity index (χ0) is 11.4. The Labute approximate surface area is 101 Å². The molecule has 0 amide bonds. The molecule has 0 saturated heterocycles. The van der Waals surface area contributed by atoms with Crippen molar-refractivity contribution in [1.29, 1.82) is 0 Å². The fourth-order valence-corrected chi connectivity index (χ4v) is 2.62. The van der Waals surface area contributed by atoms with Gasteiger partial charge in [0.25, 0.3) is 0 Å². The monoisotopic (exact) mass is 240 g/mol. The number of nitrogens with one attached hydrogen (secondary N) is 1. The highest BCUT2D eigenvalue weighted by Crippen LogP contribution is 2.25. The van der Waals surface area contributed by atoms with Crippen LogP contribution in [0.2, 0.25) is 0 Å². The van der Waals surface area contributed by atoms with Gasteiger partial charge in [-0.15, -0.1) is 11.3 Å². The maximum atomic E-state index is 5.31. The summed E-state index contributed by atoms with van der Waals surface area (Å²) >= 11 is 1.77. The molecule has 0 atom stereocenters. The lowest BCUT2D eigenvalue weighted by molar-refractivity contribution is 0.319. The second-order valence-corrected chi connectivity index (χ2v) is 5.38. The molecule has 0 bridgehead atoms. The van der Waals surface area contributed by atoms with Crippen molar-refractivity contribution in [3.8, 4) is 5.75 Å². The van der Waals surface area contributed by atoms with E-state index >= 15 is 0 Å². The predicted octanol–water partition coefficient (Wildman–Crippen LogP) is 1.94. The Hall–Kier alpha value is -0.580. The fraction of sp³-hybridized carbons (Fsp3) is 0.667. The summed E-state index contributed by atoms with van der Waals surface area (Å²) in [5.41, 5.74) is 0. The van der Waals surface area contributed by atoms with Gasteiger partial charge >= 0.3 is 0 Å². The van der Waals surface area contributed by atoms with Crippen LogP contribution in [0.4, 0.5) is 0 Å². The van der Waals surface area contributed by atoms with Crippen molar-refractivity contribution < 1.29 is 4.74 Å². The highest BCUT2D eigenvalue weighted by Gasteiger charge is 2.19. The van der Waals surface area contributed by atoms with Gasteiger partial charge in [0.1, 0.15) is 5.75 Å². The summed E-state index contributed by atoms with van der Waals surface area (Å²) in [6.45, 7) is 3.17. The minimum absolute atomic E-state index is 0.810. The highest BCUT2D eigenvalue weighted by molar-refractivity contribution is 7.10. The summed E-state index contributed by atoms with van der Waals surface area (Å²) in [5.74, 6) is 1.02. The van der Waals surface area contributed by atoms with E-state index in [-0.39, 0.29) is 0 Å². The molecular formula is C12H20N2OS. The van der Waals surface area contributed by atoms with E-state index in [9.17, 15) is 0 Å².